The minimum Gasteiger partial charge on any atom is -0.465 e. The molecule has 112 valence electrons. The van der Waals surface area contributed by atoms with E-state index < -0.39 is 26.0 Å². The molecule has 10 heteroatoms. The van der Waals surface area contributed by atoms with Gasteiger partial charge < -0.3 is 4.74 Å². The van der Waals surface area contributed by atoms with E-state index in [1.165, 1.54) is 19.2 Å². The molecule has 1 aromatic carbocycles. The molecule has 0 unspecified atom stereocenters. The van der Waals surface area contributed by atoms with Crippen LogP contribution in [0.2, 0.25) is 0 Å². The number of benzene rings is 1. The van der Waals surface area contributed by atoms with Crippen LogP contribution in [0.4, 0.5) is 5.69 Å². The number of esters is 1. The third kappa shape index (κ3) is 3.92. The summed E-state index contributed by atoms with van der Waals surface area (Å²) in [4.78, 5) is 11.2. The highest BCUT2D eigenvalue weighted by Gasteiger charge is 2.22. The van der Waals surface area contributed by atoms with E-state index in [0.717, 1.165) is 19.4 Å². The van der Waals surface area contributed by atoms with Gasteiger partial charge in [-0.25, -0.2) is 26.4 Å². The van der Waals surface area contributed by atoms with Gasteiger partial charge in [-0.2, -0.15) is 0 Å². The Kier molecular flexibility index (Phi) is 4.73. The van der Waals surface area contributed by atoms with E-state index in [9.17, 15) is 21.6 Å². The monoisotopic (exact) mass is 322 g/mol. The first-order valence-electron chi connectivity index (χ1n) is 5.24. The predicted molar refractivity (Wildman–Crippen MR) is 72.5 cm³/mol. The van der Waals surface area contributed by atoms with Crippen molar-refractivity contribution in [2.45, 2.75) is 4.90 Å². The molecule has 0 atom stereocenters. The van der Waals surface area contributed by atoms with E-state index in [-0.39, 0.29) is 16.1 Å². The number of carbonyl (C=O) groups excluding carboxylic acids is 1. The largest absolute Gasteiger partial charge is 0.465 e. The smallest absolute Gasteiger partial charge is 0.339 e. The lowest BCUT2D eigenvalue weighted by Crippen LogP contribution is -2.22. The Labute approximate surface area is 117 Å². The molecule has 0 aliphatic carbocycles. The van der Waals surface area contributed by atoms with E-state index in [4.69, 9.17) is 0 Å². The summed E-state index contributed by atoms with van der Waals surface area (Å²) in [5.74, 6) is -0.843. The van der Waals surface area contributed by atoms with Crippen LogP contribution >= 0.6 is 0 Å². The molecule has 0 aliphatic heterocycles. The van der Waals surface area contributed by atoms with E-state index in [2.05, 4.69) is 14.2 Å². The number of nitrogens with one attached hydrogen (secondary N) is 2. The molecule has 8 nitrogen and oxygen atoms in total. The standard InChI is InChI=1S/C10H14N2O6S2/c1-11-20(16,17)9-6-7(12-19(3,14)15)4-5-8(9)10(13)18-2/h4-6,11-12H,1-3H3. The molecule has 1 aromatic rings. The van der Waals surface area contributed by atoms with E-state index in [1.54, 1.807) is 0 Å². The summed E-state index contributed by atoms with van der Waals surface area (Å²) >= 11 is 0. The zero-order valence-corrected chi connectivity index (χ0v) is 12.6. The number of anilines is 1. The van der Waals surface area contributed by atoms with Gasteiger partial charge in [0.2, 0.25) is 20.0 Å². The topological polar surface area (TPSA) is 119 Å². The van der Waals surface area contributed by atoms with Crippen molar-refractivity contribution in [2.75, 3.05) is 25.1 Å². The average Bonchev–Trinajstić information content (AvgIpc) is 2.36. The van der Waals surface area contributed by atoms with E-state index in [0.29, 0.717) is 0 Å². The van der Waals surface area contributed by atoms with Crippen molar-refractivity contribution < 1.29 is 26.4 Å². The van der Waals surface area contributed by atoms with Gasteiger partial charge in [-0.15, -0.1) is 0 Å². The molecule has 0 aromatic heterocycles. The fraction of sp³-hybridized carbons (Fsp3) is 0.300. The van der Waals surface area contributed by atoms with Crippen molar-refractivity contribution in [3.8, 4) is 0 Å². The Morgan fingerprint density at radius 3 is 2.25 bits per heavy atom. The molecule has 1 rings (SSSR count). The van der Waals surface area contributed by atoms with Gasteiger partial charge in [-0.1, -0.05) is 0 Å². The summed E-state index contributed by atoms with van der Waals surface area (Å²) in [6.45, 7) is 0. The molecule has 2 N–H and O–H groups in total. The Morgan fingerprint density at radius 2 is 1.80 bits per heavy atom. The molecule has 0 saturated heterocycles. The number of ether oxygens (including phenoxy) is 1. The summed E-state index contributed by atoms with van der Waals surface area (Å²) < 4.78 is 54.7. The van der Waals surface area contributed by atoms with Gasteiger partial charge >= 0.3 is 5.97 Å². The SMILES string of the molecule is CNS(=O)(=O)c1cc(NS(C)(=O)=O)ccc1C(=O)OC. The molecule has 0 spiro atoms. The van der Waals surface area contributed by atoms with Crippen LogP contribution in [0.25, 0.3) is 0 Å². The van der Waals surface area contributed by atoms with Gasteiger partial charge in [-0.05, 0) is 25.2 Å². The number of hydrogen-bond acceptors (Lipinski definition) is 6. The molecular weight excluding hydrogens is 308 g/mol. The predicted octanol–water partition coefficient (Wildman–Crippen LogP) is -0.247. The van der Waals surface area contributed by atoms with Gasteiger partial charge in [-0.3, -0.25) is 4.72 Å². The highest BCUT2D eigenvalue weighted by Crippen LogP contribution is 2.22. The van der Waals surface area contributed by atoms with E-state index >= 15 is 0 Å². The maximum atomic E-state index is 11.9. The second-order valence-corrected chi connectivity index (χ2v) is 7.39. The quantitative estimate of drug-likeness (QED) is 0.722. The highest BCUT2D eigenvalue weighted by atomic mass is 32.2. The van der Waals surface area contributed by atoms with Crippen molar-refractivity contribution in [1.82, 2.24) is 4.72 Å². The minimum absolute atomic E-state index is 0.0222. The van der Waals surface area contributed by atoms with Gasteiger partial charge in [0.05, 0.1) is 23.8 Å². The zero-order valence-electron chi connectivity index (χ0n) is 11.0. The van der Waals surface area contributed by atoms with Crippen LogP contribution in [0.5, 0.6) is 0 Å². The van der Waals surface area contributed by atoms with Gasteiger partial charge in [0.1, 0.15) is 0 Å². The number of rotatable bonds is 5. The Morgan fingerprint density at radius 1 is 1.20 bits per heavy atom. The maximum absolute atomic E-state index is 11.9. The molecular formula is C10H14N2O6S2. The first-order chi connectivity index (χ1) is 9.10. The van der Waals surface area contributed by atoms with Crippen LogP contribution in [0.15, 0.2) is 23.1 Å². The maximum Gasteiger partial charge on any atom is 0.339 e. The second kappa shape index (κ2) is 5.77. The molecule has 0 aliphatic rings. The van der Waals surface area contributed by atoms with Crippen LogP contribution < -0.4 is 9.44 Å². The first kappa shape index (κ1) is 16.4. The summed E-state index contributed by atoms with van der Waals surface area (Å²) in [7, 11) is -5.23. The van der Waals surface area contributed by atoms with Crippen LogP contribution in [-0.4, -0.2) is 43.2 Å². The fourth-order valence-electron chi connectivity index (χ4n) is 1.41. The first-order valence-corrected chi connectivity index (χ1v) is 8.62. The minimum atomic E-state index is -3.95. The number of methoxy groups -OCH3 is 1. The second-order valence-electron chi connectivity index (χ2n) is 3.78. The van der Waals surface area contributed by atoms with Gasteiger partial charge in [0, 0.05) is 5.69 Å². The van der Waals surface area contributed by atoms with Crippen LogP contribution in [0, 0.1) is 0 Å². The number of hydrogen-bond donors (Lipinski definition) is 2. The van der Waals surface area contributed by atoms with Crippen molar-refractivity contribution in [3.63, 3.8) is 0 Å². The van der Waals surface area contributed by atoms with Crippen LogP contribution in [0.1, 0.15) is 10.4 Å². The van der Waals surface area contributed by atoms with Crippen molar-refractivity contribution in [2.24, 2.45) is 0 Å². The van der Waals surface area contributed by atoms with Crippen molar-refractivity contribution in [3.05, 3.63) is 23.8 Å². The lowest BCUT2D eigenvalue weighted by molar-refractivity contribution is 0.0596. The third-order valence-electron chi connectivity index (χ3n) is 2.25. The number of sulfonamides is 2. The Balaban J connectivity index is 3.48. The Hall–Kier alpha value is -1.65. The summed E-state index contributed by atoms with van der Waals surface area (Å²) in [6, 6.07) is 3.48. The Bertz CT molecular complexity index is 724. The molecule has 0 heterocycles. The molecule has 0 radical (unpaired) electrons. The summed E-state index contributed by atoms with van der Waals surface area (Å²) in [5.41, 5.74) is -0.171. The number of carbonyl (C=O) groups is 1. The molecule has 20 heavy (non-hydrogen) atoms. The van der Waals surface area contributed by atoms with Crippen LogP contribution in [0.3, 0.4) is 0 Å². The third-order valence-corrected chi connectivity index (χ3v) is 4.31. The van der Waals surface area contributed by atoms with Gasteiger partial charge in [0.15, 0.2) is 0 Å². The average molecular weight is 322 g/mol. The molecule has 0 amide bonds. The fourth-order valence-corrected chi connectivity index (χ4v) is 2.91. The molecule has 0 saturated carbocycles. The van der Waals surface area contributed by atoms with Crippen molar-refractivity contribution >= 4 is 31.7 Å². The summed E-state index contributed by atoms with van der Waals surface area (Å²) in [5, 5.41) is 0. The van der Waals surface area contributed by atoms with Gasteiger partial charge in [0.25, 0.3) is 0 Å². The highest BCUT2D eigenvalue weighted by molar-refractivity contribution is 7.92. The van der Waals surface area contributed by atoms with E-state index in [1.807, 2.05) is 0 Å². The summed E-state index contributed by atoms with van der Waals surface area (Å²) in [6.07, 6.45) is 0.924. The normalized spacial score (nSPS) is 11.9. The van der Waals surface area contributed by atoms with Crippen LogP contribution in [-0.2, 0) is 24.8 Å². The molecule has 0 fully saturated rings. The zero-order chi connectivity index (χ0) is 15.6. The lowest BCUT2D eigenvalue weighted by Gasteiger charge is -2.11. The van der Waals surface area contributed by atoms with Crippen molar-refractivity contribution in [1.29, 1.82) is 0 Å². The molecule has 0 bridgehead atoms. The lowest BCUT2D eigenvalue weighted by atomic mass is 10.2.